The maximum absolute atomic E-state index is 5.54. The van der Waals surface area contributed by atoms with Crippen molar-refractivity contribution in [3.63, 3.8) is 0 Å². The van der Waals surface area contributed by atoms with Crippen LogP contribution in [0.4, 0.5) is 5.82 Å². The molecule has 2 rings (SSSR count). The molecule has 0 aliphatic rings. The normalized spacial score (nSPS) is 10.6. The van der Waals surface area contributed by atoms with Crippen LogP contribution in [0.15, 0.2) is 6.07 Å². The Labute approximate surface area is 87.8 Å². The molecule has 0 saturated carbocycles. The van der Waals surface area contributed by atoms with E-state index in [1.165, 1.54) is 0 Å². The molecule has 0 bridgehead atoms. The van der Waals surface area contributed by atoms with Crippen LogP contribution in [-0.4, -0.2) is 20.2 Å². The van der Waals surface area contributed by atoms with Gasteiger partial charge in [0.15, 0.2) is 0 Å². The minimum Gasteiger partial charge on any atom is -0.382 e. The lowest BCUT2D eigenvalue weighted by Crippen LogP contribution is -1.99. The minimum atomic E-state index is 0.462. The zero-order valence-electron chi connectivity index (χ0n) is 9.00. The van der Waals surface area contributed by atoms with E-state index >= 15 is 0 Å². The summed E-state index contributed by atoms with van der Waals surface area (Å²) in [7, 11) is 0. The van der Waals surface area contributed by atoms with E-state index in [2.05, 4.69) is 20.2 Å². The summed E-state index contributed by atoms with van der Waals surface area (Å²) in [5.41, 5.74) is 9.90. The first-order valence-corrected chi connectivity index (χ1v) is 4.71. The summed E-state index contributed by atoms with van der Waals surface area (Å²) in [5.74, 6) is 0.462. The molecule has 5 heteroatoms. The van der Waals surface area contributed by atoms with Crippen molar-refractivity contribution in [1.29, 1.82) is 0 Å². The van der Waals surface area contributed by atoms with Gasteiger partial charge in [0.25, 0.3) is 0 Å². The molecule has 0 aliphatic heterocycles. The molecule has 0 fully saturated rings. The second kappa shape index (κ2) is 3.34. The van der Waals surface area contributed by atoms with Crippen molar-refractivity contribution in [2.75, 3.05) is 5.73 Å². The van der Waals surface area contributed by atoms with Gasteiger partial charge in [0.2, 0.25) is 0 Å². The lowest BCUT2D eigenvalue weighted by Gasteiger charge is -2.05. The molecule has 0 atom stereocenters. The fourth-order valence-corrected chi connectivity index (χ4v) is 1.43. The van der Waals surface area contributed by atoms with Crippen LogP contribution >= 0.6 is 0 Å². The van der Waals surface area contributed by atoms with Gasteiger partial charge in [-0.2, -0.15) is 5.10 Å². The first-order valence-electron chi connectivity index (χ1n) is 4.71. The van der Waals surface area contributed by atoms with Crippen molar-refractivity contribution >= 4 is 5.82 Å². The molecule has 2 heterocycles. The number of aromatic amines is 1. The van der Waals surface area contributed by atoms with Crippen LogP contribution < -0.4 is 5.73 Å². The number of nitrogen functional groups attached to an aromatic ring is 1. The van der Waals surface area contributed by atoms with Gasteiger partial charge < -0.3 is 5.73 Å². The smallest absolute Gasteiger partial charge is 0.145 e. The number of hydrogen-bond acceptors (Lipinski definition) is 4. The Morgan fingerprint density at radius 1 is 1.07 bits per heavy atom. The fraction of sp³-hybridized carbons (Fsp3) is 0.300. The summed E-state index contributed by atoms with van der Waals surface area (Å²) in [5, 5.41) is 6.70. The molecular weight excluding hydrogens is 190 g/mol. The molecule has 2 aromatic heterocycles. The molecule has 15 heavy (non-hydrogen) atoms. The number of anilines is 1. The number of nitrogens with two attached hydrogens (primary N) is 1. The zero-order valence-corrected chi connectivity index (χ0v) is 9.00. The predicted molar refractivity (Wildman–Crippen MR) is 58.2 cm³/mol. The fourth-order valence-electron chi connectivity index (χ4n) is 1.43. The summed E-state index contributed by atoms with van der Waals surface area (Å²) < 4.78 is 0. The Morgan fingerprint density at radius 2 is 1.73 bits per heavy atom. The van der Waals surface area contributed by atoms with E-state index in [0.717, 1.165) is 28.5 Å². The van der Waals surface area contributed by atoms with Crippen molar-refractivity contribution < 1.29 is 0 Å². The van der Waals surface area contributed by atoms with Gasteiger partial charge in [-0.25, -0.2) is 4.98 Å². The second-order valence-electron chi connectivity index (χ2n) is 3.53. The highest BCUT2D eigenvalue weighted by molar-refractivity contribution is 5.60. The van der Waals surface area contributed by atoms with Crippen molar-refractivity contribution in [2.45, 2.75) is 20.8 Å². The van der Waals surface area contributed by atoms with Crippen LogP contribution in [0, 0.1) is 20.8 Å². The number of nitrogens with one attached hydrogen (secondary N) is 1. The Morgan fingerprint density at radius 3 is 2.33 bits per heavy atom. The monoisotopic (exact) mass is 203 g/mol. The Balaban J connectivity index is 2.58. The van der Waals surface area contributed by atoms with Crippen LogP contribution in [-0.2, 0) is 0 Å². The second-order valence-corrected chi connectivity index (χ2v) is 3.53. The maximum atomic E-state index is 5.54. The summed E-state index contributed by atoms with van der Waals surface area (Å²) >= 11 is 0. The Hall–Kier alpha value is -1.91. The van der Waals surface area contributed by atoms with Gasteiger partial charge in [-0.15, -0.1) is 0 Å². The molecule has 3 N–H and O–H groups in total. The highest BCUT2D eigenvalue weighted by atomic mass is 15.2. The molecule has 5 nitrogen and oxygen atoms in total. The zero-order chi connectivity index (χ0) is 11.0. The molecule has 0 aliphatic carbocycles. The average Bonchev–Trinajstić information content (AvgIpc) is 2.58. The standard InChI is InChI=1S/C10H13N5/c1-5-6(2)13-10(7(3)12-5)8-4-9(11)15-14-8/h4H,1-3H3,(H3,11,14,15). The number of H-pyrrole nitrogens is 1. The van der Waals surface area contributed by atoms with E-state index in [1.54, 1.807) is 6.07 Å². The third-order valence-corrected chi connectivity index (χ3v) is 2.33. The third kappa shape index (κ3) is 1.68. The SMILES string of the molecule is Cc1nc(C)c(-c2cc(N)n[nH]2)nc1C. The van der Waals surface area contributed by atoms with Crippen LogP contribution in [0.25, 0.3) is 11.4 Å². The van der Waals surface area contributed by atoms with Gasteiger partial charge in [0, 0.05) is 6.07 Å². The molecule has 78 valence electrons. The highest BCUT2D eigenvalue weighted by Gasteiger charge is 2.09. The molecular formula is C10H13N5. The average molecular weight is 203 g/mol. The van der Waals surface area contributed by atoms with Gasteiger partial charge in [-0.05, 0) is 20.8 Å². The van der Waals surface area contributed by atoms with Crippen LogP contribution in [0.2, 0.25) is 0 Å². The van der Waals surface area contributed by atoms with E-state index < -0.39 is 0 Å². The van der Waals surface area contributed by atoms with Gasteiger partial charge >= 0.3 is 0 Å². The summed E-state index contributed by atoms with van der Waals surface area (Å²) in [6, 6.07) is 1.76. The minimum absolute atomic E-state index is 0.462. The van der Waals surface area contributed by atoms with Crippen molar-refractivity contribution in [2.24, 2.45) is 0 Å². The molecule has 0 aromatic carbocycles. The Kier molecular flexibility index (Phi) is 2.15. The maximum Gasteiger partial charge on any atom is 0.145 e. The number of hydrogen-bond donors (Lipinski definition) is 2. The van der Waals surface area contributed by atoms with Crippen LogP contribution in [0.5, 0.6) is 0 Å². The Bertz CT molecular complexity index is 501. The molecule has 0 radical (unpaired) electrons. The van der Waals surface area contributed by atoms with Gasteiger partial charge in [0.1, 0.15) is 11.5 Å². The number of aromatic nitrogens is 4. The number of nitrogens with zero attached hydrogens (tertiary/aromatic N) is 3. The van der Waals surface area contributed by atoms with E-state index in [9.17, 15) is 0 Å². The van der Waals surface area contributed by atoms with Crippen LogP contribution in [0.1, 0.15) is 17.1 Å². The summed E-state index contributed by atoms with van der Waals surface area (Å²) in [6.45, 7) is 5.80. The number of rotatable bonds is 1. The number of aryl methyl sites for hydroxylation is 3. The molecule has 0 spiro atoms. The predicted octanol–water partition coefficient (Wildman–Crippen LogP) is 1.37. The van der Waals surface area contributed by atoms with Gasteiger partial charge in [0.05, 0.1) is 22.8 Å². The van der Waals surface area contributed by atoms with E-state index in [4.69, 9.17) is 5.73 Å². The van der Waals surface area contributed by atoms with Gasteiger partial charge in [-0.1, -0.05) is 0 Å². The van der Waals surface area contributed by atoms with E-state index in [0.29, 0.717) is 5.82 Å². The molecule has 0 unspecified atom stereocenters. The van der Waals surface area contributed by atoms with E-state index in [1.807, 2.05) is 20.8 Å². The molecule has 2 aromatic rings. The van der Waals surface area contributed by atoms with Crippen molar-refractivity contribution in [3.05, 3.63) is 23.1 Å². The molecule has 0 saturated heterocycles. The lowest BCUT2D eigenvalue weighted by atomic mass is 10.2. The third-order valence-electron chi connectivity index (χ3n) is 2.33. The van der Waals surface area contributed by atoms with Gasteiger partial charge in [-0.3, -0.25) is 10.1 Å². The summed E-state index contributed by atoms with van der Waals surface area (Å²) in [4.78, 5) is 8.87. The van der Waals surface area contributed by atoms with Crippen molar-refractivity contribution in [1.82, 2.24) is 20.2 Å². The highest BCUT2D eigenvalue weighted by Crippen LogP contribution is 2.20. The largest absolute Gasteiger partial charge is 0.382 e. The first kappa shape index (κ1) is 9.64. The quantitative estimate of drug-likeness (QED) is 0.733. The first-order chi connectivity index (χ1) is 7.08. The van der Waals surface area contributed by atoms with Crippen molar-refractivity contribution in [3.8, 4) is 11.4 Å². The lowest BCUT2D eigenvalue weighted by molar-refractivity contribution is 0.994. The molecule has 0 amide bonds. The van der Waals surface area contributed by atoms with Crippen LogP contribution in [0.3, 0.4) is 0 Å². The topological polar surface area (TPSA) is 80.5 Å². The summed E-state index contributed by atoms with van der Waals surface area (Å²) in [6.07, 6.45) is 0. The van der Waals surface area contributed by atoms with E-state index in [-0.39, 0.29) is 0 Å².